The predicted molar refractivity (Wildman–Crippen MR) is 95.7 cm³/mol. The summed E-state index contributed by atoms with van der Waals surface area (Å²) in [6.07, 6.45) is 0. The topological polar surface area (TPSA) is 55.6 Å². The van der Waals surface area contributed by atoms with Crippen LogP contribution in [0, 0.1) is 0 Å². The van der Waals surface area contributed by atoms with Gasteiger partial charge in [-0.15, -0.1) is 0 Å². The first-order chi connectivity index (χ1) is 12.1. The highest BCUT2D eigenvalue weighted by atomic mass is 35.5. The molecule has 128 valence electrons. The van der Waals surface area contributed by atoms with Gasteiger partial charge in [0.05, 0.1) is 7.11 Å². The van der Waals surface area contributed by atoms with Gasteiger partial charge in [-0.25, -0.2) is 0 Å². The summed E-state index contributed by atoms with van der Waals surface area (Å²) in [6, 6.07) is 16.5. The molecule has 0 aliphatic heterocycles. The van der Waals surface area contributed by atoms with Crippen molar-refractivity contribution in [2.24, 2.45) is 0 Å². The highest BCUT2D eigenvalue weighted by molar-refractivity contribution is 6.30. The Labute approximate surface area is 150 Å². The summed E-state index contributed by atoms with van der Waals surface area (Å²) in [7, 11) is 3.27. The first-order valence-electron chi connectivity index (χ1n) is 7.68. The fourth-order valence-electron chi connectivity index (χ4n) is 2.51. The van der Waals surface area contributed by atoms with E-state index < -0.39 is 0 Å². The number of halogens is 1. The Kier molecular flexibility index (Phi) is 5.05. The Morgan fingerprint density at radius 2 is 1.96 bits per heavy atom. The van der Waals surface area contributed by atoms with Gasteiger partial charge >= 0.3 is 0 Å². The minimum absolute atomic E-state index is 0.183. The number of hydrogen-bond acceptors (Lipinski definition) is 4. The third kappa shape index (κ3) is 3.83. The Balaban J connectivity index is 1.77. The molecule has 0 bridgehead atoms. The van der Waals surface area contributed by atoms with E-state index in [-0.39, 0.29) is 11.7 Å². The summed E-state index contributed by atoms with van der Waals surface area (Å²) < 4.78 is 10.5. The molecule has 3 rings (SSSR count). The summed E-state index contributed by atoms with van der Waals surface area (Å²) in [5, 5.41) is 4.56. The largest absolute Gasteiger partial charge is 0.496 e. The number of carbonyl (C=O) groups is 1. The molecule has 0 aliphatic rings. The second-order valence-corrected chi connectivity index (χ2v) is 6.00. The van der Waals surface area contributed by atoms with Gasteiger partial charge in [0.15, 0.2) is 0 Å². The van der Waals surface area contributed by atoms with Gasteiger partial charge in [0.1, 0.15) is 11.4 Å². The number of benzene rings is 2. The van der Waals surface area contributed by atoms with E-state index in [1.165, 1.54) is 4.90 Å². The Bertz CT molecular complexity index is 877. The Morgan fingerprint density at radius 3 is 2.68 bits per heavy atom. The number of rotatable bonds is 5. The van der Waals surface area contributed by atoms with E-state index in [0.717, 1.165) is 11.1 Å². The monoisotopic (exact) mass is 356 g/mol. The normalized spacial score (nSPS) is 10.5. The molecule has 5 nitrogen and oxygen atoms in total. The van der Waals surface area contributed by atoms with Gasteiger partial charge in [-0.2, -0.15) is 0 Å². The van der Waals surface area contributed by atoms with Crippen LogP contribution < -0.4 is 4.74 Å². The van der Waals surface area contributed by atoms with Crippen LogP contribution in [0.4, 0.5) is 0 Å². The summed E-state index contributed by atoms with van der Waals surface area (Å²) in [6.45, 7) is 0.337. The van der Waals surface area contributed by atoms with Crippen molar-refractivity contribution < 1.29 is 14.1 Å². The van der Waals surface area contributed by atoms with Gasteiger partial charge in [0.25, 0.3) is 5.91 Å². The van der Waals surface area contributed by atoms with E-state index >= 15 is 0 Å². The fourth-order valence-corrected chi connectivity index (χ4v) is 2.70. The molecule has 25 heavy (non-hydrogen) atoms. The van der Waals surface area contributed by atoms with E-state index in [1.807, 2.05) is 30.3 Å². The van der Waals surface area contributed by atoms with Crippen molar-refractivity contribution in [2.45, 2.75) is 6.54 Å². The molecule has 2 aromatic carbocycles. The van der Waals surface area contributed by atoms with Crippen molar-refractivity contribution >= 4 is 17.5 Å². The zero-order valence-electron chi connectivity index (χ0n) is 13.9. The van der Waals surface area contributed by atoms with Crippen molar-refractivity contribution in [3.8, 4) is 17.0 Å². The third-order valence-electron chi connectivity index (χ3n) is 3.79. The molecule has 1 heterocycles. The van der Waals surface area contributed by atoms with E-state index in [1.54, 1.807) is 38.4 Å². The molecule has 0 unspecified atom stereocenters. The summed E-state index contributed by atoms with van der Waals surface area (Å²) in [4.78, 5) is 14.1. The maximum absolute atomic E-state index is 12.6. The predicted octanol–water partition coefficient (Wildman–Crippen LogP) is 4.28. The van der Waals surface area contributed by atoms with E-state index in [9.17, 15) is 4.79 Å². The minimum atomic E-state index is -0.267. The lowest BCUT2D eigenvalue weighted by atomic mass is 10.1. The smallest absolute Gasteiger partial charge is 0.292 e. The van der Waals surface area contributed by atoms with Crippen molar-refractivity contribution in [3.05, 3.63) is 70.9 Å². The lowest BCUT2D eigenvalue weighted by molar-refractivity contribution is 0.0742. The van der Waals surface area contributed by atoms with Crippen molar-refractivity contribution in [1.82, 2.24) is 10.1 Å². The maximum Gasteiger partial charge on any atom is 0.292 e. The van der Waals surface area contributed by atoms with Crippen LogP contribution in [0.5, 0.6) is 5.75 Å². The van der Waals surface area contributed by atoms with Crippen molar-refractivity contribution in [3.63, 3.8) is 0 Å². The SMILES string of the molecule is COc1ccc(Cl)cc1CN(C)C(=O)c1cc(-c2ccccc2)no1. The van der Waals surface area contributed by atoms with Gasteiger partial charge in [0.2, 0.25) is 5.76 Å². The van der Waals surface area contributed by atoms with E-state index in [0.29, 0.717) is 23.0 Å². The van der Waals surface area contributed by atoms with Crippen LogP contribution in [0.3, 0.4) is 0 Å². The molecule has 0 spiro atoms. The van der Waals surface area contributed by atoms with E-state index in [2.05, 4.69) is 5.16 Å². The van der Waals surface area contributed by atoms with Crippen LogP contribution in [0.2, 0.25) is 5.02 Å². The fraction of sp³-hybridized carbons (Fsp3) is 0.158. The first kappa shape index (κ1) is 17.0. The van der Waals surface area contributed by atoms with Crippen LogP contribution in [0.25, 0.3) is 11.3 Å². The number of carbonyl (C=O) groups excluding carboxylic acids is 1. The molecule has 0 saturated heterocycles. The third-order valence-corrected chi connectivity index (χ3v) is 4.02. The second-order valence-electron chi connectivity index (χ2n) is 5.56. The number of amides is 1. The van der Waals surface area contributed by atoms with Crippen LogP contribution in [-0.2, 0) is 6.54 Å². The van der Waals surface area contributed by atoms with E-state index in [4.69, 9.17) is 20.9 Å². The molecule has 6 heteroatoms. The number of methoxy groups -OCH3 is 1. The highest BCUT2D eigenvalue weighted by Gasteiger charge is 2.19. The number of nitrogens with zero attached hydrogens (tertiary/aromatic N) is 2. The number of ether oxygens (including phenoxy) is 1. The second kappa shape index (κ2) is 7.40. The molecular weight excluding hydrogens is 340 g/mol. The quantitative estimate of drug-likeness (QED) is 0.684. The molecule has 3 aromatic rings. The Hall–Kier alpha value is -2.79. The van der Waals surface area contributed by atoms with Gasteiger partial charge in [-0.3, -0.25) is 4.79 Å². The van der Waals surface area contributed by atoms with Crippen molar-refractivity contribution in [1.29, 1.82) is 0 Å². The van der Waals surface area contributed by atoms with Gasteiger partial charge in [-0.05, 0) is 18.2 Å². The molecule has 0 N–H and O–H groups in total. The van der Waals surface area contributed by atoms with Crippen LogP contribution >= 0.6 is 11.6 Å². The van der Waals surface area contributed by atoms with Gasteiger partial charge in [-0.1, -0.05) is 47.1 Å². The summed E-state index contributed by atoms with van der Waals surface area (Å²) >= 11 is 6.04. The lowest BCUT2D eigenvalue weighted by Crippen LogP contribution is -2.26. The van der Waals surface area contributed by atoms with Crippen LogP contribution in [-0.4, -0.2) is 30.1 Å². The summed E-state index contributed by atoms with van der Waals surface area (Å²) in [5.41, 5.74) is 2.33. The number of aromatic nitrogens is 1. The molecule has 0 aliphatic carbocycles. The Morgan fingerprint density at radius 1 is 1.20 bits per heavy atom. The zero-order chi connectivity index (χ0) is 17.8. The minimum Gasteiger partial charge on any atom is -0.496 e. The van der Waals surface area contributed by atoms with Gasteiger partial charge < -0.3 is 14.2 Å². The molecule has 1 aromatic heterocycles. The zero-order valence-corrected chi connectivity index (χ0v) is 14.7. The average molecular weight is 357 g/mol. The van der Waals surface area contributed by atoms with Crippen LogP contribution in [0.1, 0.15) is 16.1 Å². The summed E-state index contributed by atoms with van der Waals surface area (Å²) in [5.74, 6) is 0.589. The first-order valence-corrected chi connectivity index (χ1v) is 8.06. The van der Waals surface area contributed by atoms with Gasteiger partial charge in [0, 0.05) is 35.8 Å². The molecule has 0 saturated carbocycles. The highest BCUT2D eigenvalue weighted by Crippen LogP contribution is 2.25. The molecule has 1 amide bonds. The molecule has 0 radical (unpaired) electrons. The van der Waals surface area contributed by atoms with Crippen molar-refractivity contribution in [2.75, 3.05) is 14.2 Å². The lowest BCUT2D eigenvalue weighted by Gasteiger charge is -2.17. The average Bonchev–Trinajstić information content (AvgIpc) is 3.12. The molecule has 0 fully saturated rings. The molecular formula is C19H17ClN2O3. The standard InChI is InChI=1S/C19H17ClN2O3/c1-22(12-14-10-15(20)8-9-17(14)24-2)19(23)18-11-16(21-25-18)13-6-4-3-5-7-13/h3-11H,12H2,1-2H3. The van der Waals surface area contributed by atoms with Crippen LogP contribution in [0.15, 0.2) is 59.1 Å². The number of hydrogen-bond donors (Lipinski definition) is 0. The maximum atomic E-state index is 12.6. The molecule has 0 atom stereocenters.